The summed E-state index contributed by atoms with van der Waals surface area (Å²) in [5, 5.41) is 0. The third-order valence-electron chi connectivity index (χ3n) is 4.24. The van der Waals surface area contributed by atoms with Crippen LogP contribution in [-0.4, -0.2) is 42.1 Å². The van der Waals surface area contributed by atoms with Crippen molar-refractivity contribution in [1.29, 1.82) is 0 Å². The highest BCUT2D eigenvalue weighted by atomic mass is 16.5. The molecule has 4 heteroatoms. The van der Waals surface area contributed by atoms with Crippen LogP contribution in [0, 0.1) is 0 Å². The molecule has 18 heavy (non-hydrogen) atoms. The van der Waals surface area contributed by atoms with Gasteiger partial charge in [-0.3, -0.25) is 4.79 Å². The van der Waals surface area contributed by atoms with Crippen LogP contribution in [0.5, 0.6) is 0 Å². The molecule has 1 atom stereocenters. The van der Waals surface area contributed by atoms with Crippen molar-refractivity contribution in [2.24, 2.45) is 5.73 Å². The normalized spacial score (nSPS) is 28.1. The fourth-order valence-electron chi connectivity index (χ4n) is 3.21. The van der Waals surface area contributed by atoms with E-state index < -0.39 is 5.54 Å². The number of carbonyl (C=O) groups excluding carboxylic acids is 1. The fourth-order valence-corrected chi connectivity index (χ4v) is 3.21. The molecule has 1 saturated carbocycles. The number of hydrogen-bond acceptors (Lipinski definition) is 3. The summed E-state index contributed by atoms with van der Waals surface area (Å²) in [6.45, 7) is 4.31. The molecule has 0 bridgehead atoms. The van der Waals surface area contributed by atoms with E-state index in [4.69, 9.17) is 10.5 Å². The lowest BCUT2D eigenvalue weighted by atomic mass is 9.81. The molecule has 1 aliphatic heterocycles. The molecule has 0 aromatic heterocycles. The van der Waals surface area contributed by atoms with Gasteiger partial charge in [-0.2, -0.15) is 0 Å². The lowest BCUT2D eigenvalue weighted by molar-refractivity contribution is -0.142. The molecule has 1 saturated heterocycles. The van der Waals surface area contributed by atoms with Crippen LogP contribution in [0.3, 0.4) is 0 Å². The number of hydrogen-bond donors (Lipinski definition) is 1. The van der Waals surface area contributed by atoms with Gasteiger partial charge in [0.25, 0.3) is 0 Å². The van der Waals surface area contributed by atoms with Crippen LogP contribution in [-0.2, 0) is 9.53 Å². The molecule has 0 radical (unpaired) electrons. The van der Waals surface area contributed by atoms with Gasteiger partial charge in [-0.1, -0.05) is 19.3 Å². The van der Waals surface area contributed by atoms with Crippen molar-refractivity contribution in [2.45, 2.75) is 63.5 Å². The number of nitrogens with zero attached hydrogens (tertiary/aromatic N) is 1. The maximum absolute atomic E-state index is 12.6. The molecule has 1 heterocycles. The SMILES string of the molecule is CCOC1CCCN(C(=O)C2(N)CCCCC2)C1. The van der Waals surface area contributed by atoms with Gasteiger partial charge in [-0.15, -0.1) is 0 Å². The largest absolute Gasteiger partial charge is 0.377 e. The second-order valence-corrected chi connectivity index (χ2v) is 5.69. The van der Waals surface area contributed by atoms with Crippen LogP contribution in [0.25, 0.3) is 0 Å². The molecule has 1 unspecified atom stereocenters. The van der Waals surface area contributed by atoms with Crippen LogP contribution in [0.4, 0.5) is 0 Å². The Morgan fingerprint density at radius 3 is 2.72 bits per heavy atom. The first kappa shape index (κ1) is 13.8. The zero-order valence-electron chi connectivity index (χ0n) is 11.5. The lowest BCUT2D eigenvalue weighted by Gasteiger charge is -2.40. The summed E-state index contributed by atoms with van der Waals surface area (Å²) < 4.78 is 5.65. The highest BCUT2D eigenvalue weighted by molar-refractivity contribution is 5.86. The van der Waals surface area contributed by atoms with Crippen LogP contribution >= 0.6 is 0 Å². The van der Waals surface area contributed by atoms with Crippen molar-refractivity contribution in [2.75, 3.05) is 19.7 Å². The van der Waals surface area contributed by atoms with E-state index in [1.54, 1.807) is 0 Å². The first-order valence-electron chi connectivity index (χ1n) is 7.35. The quantitative estimate of drug-likeness (QED) is 0.833. The van der Waals surface area contributed by atoms with Crippen molar-refractivity contribution in [3.63, 3.8) is 0 Å². The maximum Gasteiger partial charge on any atom is 0.242 e. The molecule has 2 N–H and O–H groups in total. The molecule has 0 aromatic rings. The van der Waals surface area contributed by atoms with Crippen LogP contribution < -0.4 is 5.73 Å². The monoisotopic (exact) mass is 254 g/mol. The Morgan fingerprint density at radius 2 is 2.06 bits per heavy atom. The minimum Gasteiger partial charge on any atom is -0.377 e. The molecular weight excluding hydrogens is 228 g/mol. The van der Waals surface area contributed by atoms with Crippen LogP contribution in [0.2, 0.25) is 0 Å². The Labute approximate surface area is 110 Å². The van der Waals surface area contributed by atoms with E-state index in [9.17, 15) is 4.79 Å². The Hall–Kier alpha value is -0.610. The van der Waals surface area contributed by atoms with E-state index in [0.29, 0.717) is 0 Å². The van der Waals surface area contributed by atoms with Gasteiger partial charge in [-0.05, 0) is 32.6 Å². The second-order valence-electron chi connectivity index (χ2n) is 5.69. The smallest absolute Gasteiger partial charge is 0.242 e. The number of piperidine rings is 1. The van der Waals surface area contributed by atoms with Gasteiger partial charge in [0.15, 0.2) is 0 Å². The van der Waals surface area contributed by atoms with Gasteiger partial charge >= 0.3 is 0 Å². The van der Waals surface area contributed by atoms with Gasteiger partial charge in [-0.25, -0.2) is 0 Å². The first-order chi connectivity index (χ1) is 8.65. The number of nitrogens with two attached hydrogens (primary N) is 1. The molecule has 0 aromatic carbocycles. The summed E-state index contributed by atoms with van der Waals surface area (Å²) in [7, 11) is 0. The molecule has 1 amide bonds. The van der Waals surface area contributed by atoms with E-state index in [-0.39, 0.29) is 12.0 Å². The summed E-state index contributed by atoms with van der Waals surface area (Å²) in [5.41, 5.74) is 5.73. The zero-order valence-corrected chi connectivity index (χ0v) is 11.5. The van der Waals surface area contributed by atoms with Crippen LogP contribution in [0.1, 0.15) is 51.9 Å². The summed E-state index contributed by atoms with van der Waals surface area (Å²) in [6.07, 6.45) is 7.40. The topological polar surface area (TPSA) is 55.6 Å². The van der Waals surface area contributed by atoms with Crippen molar-refractivity contribution >= 4 is 5.91 Å². The Kier molecular flexibility index (Phi) is 4.62. The molecule has 2 rings (SSSR count). The third-order valence-corrected chi connectivity index (χ3v) is 4.24. The minimum absolute atomic E-state index is 0.159. The van der Waals surface area contributed by atoms with E-state index in [1.807, 2.05) is 11.8 Å². The summed E-state index contributed by atoms with van der Waals surface area (Å²) in [6, 6.07) is 0. The van der Waals surface area contributed by atoms with Gasteiger partial charge in [0.05, 0.1) is 11.6 Å². The van der Waals surface area contributed by atoms with E-state index in [2.05, 4.69) is 0 Å². The maximum atomic E-state index is 12.6. The number of carbonyl (C=O) groups is 1. The second kappa shape index (κ2) is 6.02. The minimum atomic E-state index is -0.591. The summed E-state index contributed by atoms with van der Waals surface area (Å²) in [4.78, 5) is 14.5. The summed E-state index contributed by atoms with van der Waals surface area (Å²) in [5.74, 6) is 0.159. The molecule has 104 valence electrons. The first-order valence-corrected chi connectivity index (χ1v) is 7.35. The molecule has 0 spiro atoms. The Morgan fingerprint density at radius 1 is 1.33 bits per heavy atom. The predicted molar refractivity (Wildman–Crippen MR) is 71.2 cm³/mol. The average Bonchev–Trinajstić information content (AvgIpc) is 2.39. The van der Waals surface area contributed by atoms with Gasteiger partial charge < -0.3 is 15.4 Å². The van der Waals surface area contributed by atoms with E-state index >= 15 is 0 Å². The third kappa shape index (κ3) is 3.04. The molecule has 4 nitrogen and oxygen atoms in total. The average molecular weight is 254 g/mol. The van der Waals surface area contributed by atoms with Crippen molar-refractivity contribution in [1.82, 2.24) is 4.90 Å². The van der Waals surface area contributed by atoms with Gasteiger partial charge in [0.2, 0.25) is 5.91 Å². The van der Waals surface area contributed by atoms with Crippen molar-refractivity contribution in [3.05, 3.63) is 0 Å². The van der Waals surface area contributed by atoms with Crippen LogP contribution in [0.15, 0.2) is 0 Å². The molecule has 1 aliphatic carbocycles. The Balaban J connectivity index is 1.95. The molecule has 2 aliphatic rings. The number of ether oxygens (including phenoxy) is 1. The standard InChI is InChI=1S/C14H26N2O2/c1-2-18-12-7-6-10-16(11-12)13(17)14(15)8-4-3-5-9-14/h12H,2-11,15H2,1H3. The number of amides is 1. The molecule has 2 fully saturated rings. The fraction of sp³-hybridized carbons (Fsp3) is 0.929. The van der Waals surface area contributed by atoms with Crippen molar-refractivity contribution in [3.8, 4) is 0 Å². The van der Waals surface area contributed by atoms with Gasteiger partial charge in [0, 0.05) is 19.7 Å². The summed E-state index contributed by atoms with van der Waals surface area (Å²) >= 11 is 0. The van der Waals surface area contributed by atoms with E-state index in [1.165, 1.54) is 6.42 Å². The van der Waals surface area contributed by atoms with Crippen molar-refractivity contribution < 1.29 is 9.53 Å². The number of likely N-dealkylation sites (tertiary alicyclic amines) is 1. The highest BCUT2D eigenvalue weighted by Gasteiger charge is 2.39. The molecular formula is C14H26N2O2. The zero-order chi connectivity index (χ0) is 13.0. The van der Waals surface area contributed by atoms with Gasteiger partial charge in [0.1, 0.15) is 0 Å². The highest BCUT2D eigenvalue weighted by Crippen LogP contribution is 2.29. The van der Waals surface area contributed by atoms with E-state index in [0.717, 1.165) is 58.2 Å². The Bertz CT molecular complexity index is 286. The number of rotatable bonds is 3. The predicted octanol–water partition coefficient (Wildman–Crippen LogP) is 1.68. The lowest BCUT2D eigenvalue weighted by Crippen LogP contribution is -2.58.